The average Bonchev–Trinajstić information content (AvgIpc) is 2.14. The number of aromatic nitrogens is 1. The van der Waals surface area contributed by atoms with Crippen LogP contribution in [0.2, 0.25) is 0 Å². The molecule has 0 spiro atoms. The van der Waals surface area contributed by atoms with Crippen molar-refractivity contribution >= 4 is 15.9 Å². The summed E-state index contributed by atoms with van der Waals surface area (Å²) in [4.78, 5) is 4.04. The van der Waals surface area contributed by atoms with Gasteiger partial charge < -0.3 is 10.4 Å². The van der Waals surface area contributed by atoms with Crippen LogP contribution in [0.3, 0.4) is 0 Å². The molecular weight excluding hydrogens is 232 g/mol. The van der Waals surface area contributed by atoms with E-state index >= 15 is 0 Å². The van der Waals surface area contributed by atoms with Crippen LogP contribution in [0.1, 0.15) is 12.5 Å². The molecule has 4 heteroatoms. The van der Waals surface area contributed by atoms with Crippen LogP contribution in [0.5, 0.6) is 0 Å². The monoisotopic (exact) mass is 244 g/mol. The molecular formula is C9H13BrN2O. The first kappa shape index (κ1) is 10.6. The second kappa shape index (κ2) is 5.32. The molecule has 3 nitrogen and oxygen atoms in total. The molecule has 13 heavy (non-hydrogen) atoms. The number of nitrogens with zero attached hydrogens (tertiary/aromatic N) is 1. The van der Waals surface area contributed by atoms with Crippen LogP contribution in [0.25, 0.3) is 0 Å². The van der Waals surface area contributed by atoms with Crippen molar-refractivity contribution in [2.24, 2.45) is 0 Å². The maximum Gasteiger partial charge on any atom is 0.0582 e. The number of aliphatic hydroxyl groups excluding tert-OH is 1. The first-order chi connectivity index (χ1) is 6.22. The van der Waals surface area contributed by atoms with Gasteiger partial charge in [0.05, 0.1) is 6.61 Å². The van der Waals surface area contributed by atoms with Crippen molar-refractivity contribution in [3.8, 4) is 0 Å². The standard InChI is InChI=1S/C9H13BrN2O/c1-7(6-13)12-4-8-2-9(10)5-11-3-8/h2-3,5,7,12-13H,4,6H2,1H3/t7-/m1/s1. The molecule has 0 saturated carbocycles. The first-order valence-electron chi connectivity index (χ1n) is 4.16. The van der Waals surface area contributed by atoms with Crippen LogP contribution >= 0.6 is 15.9 Å². The van der Waals surface area contributed by atoms with Crippen molar-refractivity contribution in [1.82, 2.24) is 10.3 Å². The quantitative estimate of drug-likeness (QED) is 0.840. The molecule has 0 aliphatic heterocycles. The summed E-state index contributed by atoms with van der Waals surface area (Å²) in [6.45, 7) is 2.82. The van der Waals surface area contributed by atoms with Crippen LogP contribution in [-0.2, 0) is 6.54 Å². The van der Waals surface area contributed by atoms with Crippen molar-refractivity contribution in [1.29, 1.82) is 0 Å². The molecule has 1 atom stereocenters. The fourth-order valence-electron chi connectivity index (χ4n) is 0.909. The largest absolute Gasteiger partial charge is 0.395 e. The maximum absolute atomic E-state index is 8.78. The van der Waals surface area contributed by atoms with Gasteiger partial charge in [-0.05, 0) is 34.5 Å². The van der Waals surface area contributed by atoms with Crippen LogP contribution in [0, 0.1) is 0 Å². The van der Waals surface area contributed by atoms with E-state index in [-0.39, 0.29) is 12.6 Å². The highest BCUT2D eigenvalue weighted by atomic mass is 79.9. The summed E-state index contributed by atoms with van der Waals surface area (Å²) in [5.74, 6) is 0. The second-order valence-corrected chi connectivity index (χ2v) is 3.89. The van der Waals surface area contributed by atoms with E-state index in [9.17, 15) is 0 Å². The summed E-state index contributed by atoms with van der Waals surface area (Å²) in [5, 5.41) is 11.9. The van der Waals surface area contributed by atoms with Crippen molar-refractivity contribution in [2.75, 3.05) is 6.61 Å². The molecule has 0 fully saturated rings. The first-order valence-corrected chi connectivity index (χ1v) is 4.95. The molecule has 1 rings (SSSR count). The third-order valence-corrected chi connectivity index (χ3v) is 2.12. The molecule has 0 unspecified atom stereocenters. The van der Waals surface area contributed by atoms with E-state index in [4.69, 9.17) is 5.11 Å². The zero-order valence-corrected chi connectivity index (χ0v) is 9.08. The van der Waals surface area contributed by atoms with E-state index in [1.807, 2.05) is 19.2 Å². The smallest absolute Gasteiger partial charge is 0.0582 e. The summed E-state index contributed by atoms with van der Waals surface area (Å²) < 4.78 is 0.975. The van der Waals surface area contributed by atoms with Gasteiger partial charge in [-0.2, -0.15) is 0 Å². The van der Waals surface area contributed by atoms with E-state index in [1.54, 1.807) is 6.20 Å². The Morgan fingerprint density at radius 1 is 1.62 bits per heavy atom. The van der Waals surface area contributed by atoms with E-state index in [2.05, 4.69) is 26.2 Å². The third kappa shape index (κ3) is 3.85. The maximum atomic E-state index is 8.78. The predicted octanol–water partition coefficient (Wildman–Crippen LogP) is 1.31. The molecule has 0 aliphatic carbocycles. The predicted molar refractivity (Wildman–Crippen MR) is 55.3 cm³/mol. The lowest BCUT2D eigenvalue weighted by molar-refractivity contribution is 0.251. The highest BCUT2D eigenvalue weighted by Crippen LogP contribution is 2.09. The van der Waals surface area contributed by atoms with Gasteiger partial charge >= 0.3 is 0 Å². The van der Waals surface area contributed by atoms with Gasteiger partial charge in [-0.3, -0.25) is 4.98 Å². The second-order valence-electron chi connectivity index (χ2n) is 2.98. The molecule has 0 bridgehead atoms. The molecule has 1 aromatic rings. The number of pyridine rings is 1. The van der Waals surface area contributed by atoms with E-state index in [0.717, 1.165) is 16.6 Å². The minimum atomic E-state index is 0.124. The van der Waals surface area contributed by atoms with Gasteiger partial charge in [0.1, 0.15) is 0 Å². The Balaban J connectivity index is 2.45. The lowest BCUT2D eigenvalue weighted by Gasteiger charge is -2.09. The Bertz CT molecular complexity index is 268. The minimum absolute atomic E-state index is 0.124. The fourth-order valence-corrected chi connectivity index (χ4v) is 1.32. The van der Waals surface area contributed by atoms with Crippen LogP contribution in [0.4, 0.5) is 0 Å². The van der Waals surface area contributed by atoms with Crippen molar-refractivity contribution in [2.45, 2.75) is 19.5 Å². The van der Waals surface area contributed by atoms with Crippen molar-refractivity contribution in [3.63, 3.8) is 0 Å². The number of halogens is 1. The van der Waals surface area contributed by atoms with Crippen molar-refractivity contribution < 1.29 is 5.11 Å². The Kier molecular flexibility index (Phi) is 4.35. The van der Waals surface area contributed by atoms with Gasteiger partial charge in [-0.1, -0.05) is 0 Å². The highest BCUT2D eigenvalue weighted by Gasteiger charge is 1.99. The molecule has 0 amide bonds. The van der Waals surface area contributed by atoms with E-state index < -0.39 is 0 Å². The average molecular weight is 245 g/mol. The number of hydrogen-bond donors (Lipinski definition) is 2. The fraction of sp³-hybridized carbons (Fsp3) is 0.444. The Hall–Kier alpha value is -0.450. The van der Waals surface area contributed by atoms with Gasteiger partial charge in [-0.25, -0.2) is 0 Å². The number of aliphatic hydroxyl groups is 1. The molecule has 1 heterocycles. The summed E-state index contributed by atoms with van der Waals surface area (Å²) in [6.07, 6.45) is 3.56. The van der Waals surface area contributed by atoms with Gasteiger partial charge in [-0.15, -0.1) is 0 Å². The van der Waals surface area contributed by atoms with Gasteiger partial charge in [0.15, 0.2) is 0 Å². The Labute approximate surface area is 86.3 Å². The molecule has 0 radical (unpaired) electrons. The molecule has 2 N–H and O–H groups in total. The van der Waals surface area contributed by atoms with Gasteiger partial charge in [0.2, 0.25) is 0 Å². The van der Waals surface area contributed by atoms with Gasteiger partial charge in [0.25, 0.3) is 0 Å². The molecule has 0 saturated heterocycles. The number of nitrogens with one attached hydrogen (secondary N) is 1. The number of rotatable bonds is 4. The Morgan fingerprint density at radius 3 is 3.00 bits per heavy atom. The number of hydrogen-bond acceptors (Lipinski definition) is 3. The van der Waals surface area contributed by atoms with E-state index in [0.29, 0.717) is 0 Å². The van der Waals surface area contributed by atoms with Crippen LogP contribution in [0.15, 0.2) is 22.9 Å². The summed E-state index contributed by atoms with van der Waals surface area (Å²) in [5.41, 5.74) is 1.11. The lowest BCUT2D eigenvalue weighted by Crippen LogP contribution is -2.28. The zero-order valence-electron chi connectivity index (χ0n) is 7.50. The summed E-state index contributed by atoms with van der Waals surface area (Å²) in [7, 11) is 0. The topological polar surface area (TPSA) is 45.1 Å². The zero-order chi connectivity index (χ0) is 9.68. The van der Waals surface area contributed by atoms with Gasteiger partial charge in [0, 0.05) is 29.5 Å². The lowest BCUT2D eigenvalue weighted by atomic mass is 10.2. The highest BCUT2D eigenvalue weighted by molar-refractivity contribution is 9.10. The van der Waals surface area contributed by atoms with E-state index in [1.165, 1.54) is 0 Å². The molecule has 0 aliphatic rings. The Morgan fingerprint density at radius 2 is 2.38 bits per heavy atom. The molecule has 0 aromatic carbocycles. The SMILES string of the molecule is C[C@H](CO)NCc1cncc(Br)c1. The third-order valence-electron chi connectivity index (χ3n) is 1.69. The van der Waals surface area contributed by atoms with Crippen LogP contribution < -0.4 is 5.32 Å². The molecule has 1 aromatic heterocycles. The van der Waals surface area contributed by atoms with Crippen LogP contribution in [-0.4, -0.2) is 22.7 Å². The molecule has 72 valence electrons. The summed E-state index contributed by atoms with van der Waals surface area (Å²) in [6, 6.07) is 2.13. The minimum Gasteiger partial charge on any atom is -0.395 e. The van der Waals surface area contributed by atoms with Crippen molar-refractivity contribution in [3.05, 3.63) is 28.5 Å². The summed E-state index contributed by atoms with van der Waals surface area (Å²) >= 11 is 3.35. The normalized spacial score (nSPS) is 12.8.